The molecule has 1 aromatic carbocycles. The third-order valence-electron chi connectivity index (χ3n) is 5.41. The molecule has 0 amide bonds. The number of fused-ring (bicyclic) bond motifs is 1. The van der Waals surface area contributed by atoms with Gasteiger partial charge in [-0.3, -0.25) is 4.98 Å². The van der Waals surface area contributed by atoms with E-state index in [-0.39, 0.29) is 5.75 Å². The molecule has 3 N–H and O–H groups in total. The number of aromatic nitrogens is 3. The van der Waals surface area contributed by atoms with E-state index in [4.69, 9.17) is 10.2 Å². The van der Waals surface area contributed by atoms with Gasteiger partial charge in [-0.1, -0.05) is 6.07 Å². The monoisotopic (exact) mass is 390 g/mol. The molecule has 3 heterocycles. The normalized spacial score (nSPS) is 14.8. The van der Waals surface area contributed by atoms with E-state index in [2.05, 4.69) is 32.3 Å². The van der Waals surface area contributed by atoms with Crippen molar-refractivity contribution in [3.05, 3.63) is 47.3 Å². The highest BCUT2D eigenvalue weighted by atomic mass is 16.3. The highest BCUT2D eigenvalue weighted by Gasteiger charge is 2.19. The fourth-order valence-corrected chi connectivity index (χ4v) is 3.81. The Morgan fingerprint density at radius 2 is 2.07 bits per heavy atom. The van der Waals surface area contributed by atoms with E-state index in [1.807, 2.05) is 19.1 Å². The van der Waals surface area contributed by atoms with Gasteiger partial charge in [0.25, 0.3) is 0 Å². The zero-order valence-electron chi connectivity index (χ0n) is 16.6. The fraction of sp³-hybridized carbons (Fsp3) is 0.409. The van der Waals surface area contributed by atoms with Gasteiger partial charge in [0.2, 0.25) is 5.95 Å². The molecule has 1 fully saturated rings. The number of hydrogen-bond acceptors (Lipinski definition) is 6. The van der Waals surface area contributed by atoms with Crippen LogP contribution in [-0.2, 0) is 13.0 Å². The summed E-state index contributed by atoms with van der Waals surface area (Å²) in [5.74, 6) is 0.984. The van der Waals surface area contributed by atoms with Gasteiger partial charge in [-0.15, -0.1) is 0 Å². The van der Waals surface area contributed by atoms with Gasteiger partial charge in [0.15, 0.2) is 0 Å². The van der Waals surface area contributed by atoms with E-state index >= 15 is 0 Å². The number of hydrogen-bond donors (Lipinski definition) is 3. The van der Waals surface area contributed by atoms with E-state index in [0.29, 0.717) is 31.1 Å². The SMILES string of the molecule is Cc1ccc(O)c(Cn2c(NC3CCNCC3)nc3ccc(CCC#N)cc32)n1. The molecule has 7 nitrogen and oxygen atoms in total. The minimum Gasteiger partial charge on any atom is -0.506 e. The Hall–Kier alpha value is -3.11. The van der Waals surface area contributed by atoms with Crippen LogP contribution < -0.4 is 10.6 Å². The Morgan fingerprint density at radius 1 is 1.24 bits per heavy atom. The van der Waals surface area contributed by atoms with E-state index in [1.165, 1.54) is 0 Å². The molecule has 150 valence electrons. The summed E-state index contributed by atoms with van der Waals surface area (Å²) >= 11 is 0. The highest BCUT2D eigenvalue weighted by Crippen LogP contribution is 2.26. The molecule has 7 heteroatoms. The van der Waals surface area contributed by atoms with Crippen molar-refractivity contribution in [1.82, 2.24) is 19.9 Å². The van der Waals surface area contributed by atoms with Crippen LogP contribution in [0.15, 0.2) is 30.3 Å². The first-order chi connectivity index (χ1) is 14.1. The second-order valence-corrected chi connectivity index (χ2v) is 7.59. The lowest BCUT2D eigenvalue weighted by atomic mass is 10.1. The second-order valence-electron chi connectivity index (χ2n) is 7.59. The molecule has 1 aliphatic rings. The Labute approximate surface area is 170 Å². The maximum atomic E-state index is 10.3. The standard InChI is InChI=1S/C22H26N6O/c1-15-4-7-21(29)19(25-15)14-28-20-13-16(3-2-10-23)5-6-18(20)27-22(28)26-17-8-11-24-12-9-17/h4-7,13,17,24,29H,2-3,8-9,11-12,14H2,1H3,(H,26,27). The molecular formula is C22H26N6O. The van der Waals surface area contributed by atoms with Crippen LogP contribution in [0.25, 0.3) is 11.0 Å². The minimum absolute atomic E-state index is 0.186. The number of aryl methyl sites for hydroxylation is 2. The predicted octanol–water partition coefficient (Wildman–Crippen LogP) is 3.11. The van der Waals surface area contributed by atoms with Gasteiger partial charge >= 0.3 is 0 Å². The van der Waals surface area contributed by atoms with Crippen LogP contribution in [0.2, 0.25) is 0 Å². The smallest absolute Gasteiger partial charge is 0.204 e. The average molecular weight is 390 g/mol. The predicted molar refractivity (Wildman–Crippen MR) is 113 cm³/mol. The fourth-order valence-electron chi connectivity index (χ4n) is 3.81. The third-order valence-corrected chi connectivity index (χ3v) is 5.41. The number of benzene rings is 1. The number of piperidine rings is 1. The largest absolute Gasteiger partial charge is 0.506 e. The van der Waals surface area contributed by atoms with Gasteiger partial charge in [0, 0.05) is 18.2 Å². The van der Waals surface area contributed by atoms with Crippen LogP contribution in [0.3, 0.4) is 0 Å². The molecule has 3 aromatic rings. The summed E-state index contributed by atoms with van der Waals surface area (Å²) in [6.07, 6.45) is 3.29. The third kappa shape index (κ3) is 4.33. The molecule has 4 rings (SSSR count). The van der Waals surface area contributed by atoms with Crippen LogP contribution in [0, 0.1) is 18.3 Å². The summed E-state index contributed by atoms with van der Waals surface area (Å²) in [5.41, 5.74) is 4.48. The number of pyridine rings is 1. The van der Waals surface area contributed by atoms with E-state index in [0.717, 1.165) is 54.2 Å². The van der Waals surface area contributed by atoms with Crippen molar-refractivity contribution in [1.29, 1.82) is 5.26 Å². The number of nitrogens with one attached hydrogen (secondary N) is 2. The van der Waals surface area contributed by atoms with Crippen LogP contribution in [0.1, 0.15) is 36.2 Å². The Kier molecular flexibility index (Phi) is 5.63. The number of nitriles is 1. The Balaban J connectivity index is 1.74. The lowest BCUT2D eigenvalue weighted by molar-refractivity contribution is 0.460. The quantitative estimate of drug-likeness (QED) is 0.598. The van der Waals surface area contributed by atoms with Crippen molar-refractivity contribution in [2.75, 3.05) is 18.4 Å². The van der Waals surface area contributed by atoms with Gasteiger partial charge in [-0.05, 0) is 69.1 Å². The lowest BCUT2D eigenvalue weighted by Gasteiger charge is -2.24. The minimum atomic E-state index is 0.186. The number of imidazole rings is 1. The first-order valence-corrected chi connectivity index (χ1v) is 10.1. The summed E-state index contributed by atoms with van der Waals surface area (Å²) in [7, 11) is 0. The van der Waals surface area contributed by atoms with Gasteiger partial charge in [-0.2, -0.15) is 5.26 Å². The topological polar surface area (TPSA) is 98.8 Å². The summed E-state index contributed by atoms with van der Waals surface area (Å²) in [6.45, 7) is 4.34. The molecule has 0 saturated carbocycles. The second kappa shape index (κ2) is 8.50. The van der Waals surface area contributed by atoms with Gasteiger partial charge in [0.1, 0.15) is 11.4 Å². The van der Waals surface area contributed by atoms with E-state index in [9.17, 15) is 5.11 Å². The molecule has 0 bridgehead atoms. The lowest BCUT2D eigenvalue weighted by Crippen LogP contribution is -2.36. The Bertz CT molecular complexity index is 1050. The number of anilines is 1. The van der Waals surface area contributed by atoms with Gasteiger partial charge in [0.05, 0.1) is 23.6 Å². The highest BCUT2D eigenvalue weighted by molar-refractivity contribution is 5.79. The average Bonchev–Trinajstić information content (AvgIpc) is 3.06. The molecule has 0 unspecified atom stereocenters. The number of nitrogens with zero attached hydrogens (tertiary/aromatic N) is 4. The van der Waals surface area contributed by atoms with Gasteiger partial charge < -0.3 is 20.3 Å². The summed E-state index contributed by atoms with van der Waals surface area (Å²) < 4.78 is 2.09. The van der Waals surface area contributed by atoms with Crippen molar-refractivity contribution < 1.29 is 5.11 Å². The van der Waals surface area contributed by atoms with Crippen molar-refractivity contribution >= 4 is 17.0 Å². The van der Waals surface area contributed by atoms with Crippen molar-refractivity contribution in [3.8, 4) is 11.8 Å². The van der Waals surface area contributed by atoms with Crippen molar-refractivity contribution in [3.63, 3.8) is 0 Å². The van der Waals surface area contributed by atoms with E-state index in [1.54, 1.807) is 12.1 Å². The van der Waals surface area contributed by atoms with Crippen LogP contribution in [-0.4, -0.2) is 38.8 Å². The maximum absolute atomic E-state index is 10.3. The molecule has 1 saturated heterocycles. The number of rotatable bonds is 6. The molecule has 0 radical (unpaired) electrons. The summed E-state index contributed by atoms with van der Waals surface area (Å²) in [4.78, 5) is 9.37. The molecule has 0 atom stereocenters. The van der Waals surface area contributed by atoms with Crippen molar-refractivity contribution in [2.24, 2.45) is 0 Å². The molecular weight excluding hydrogens is 364 g/mol. The maximum Gasteiger partial charge on any atom is 0.204 e. The van der Waals surface area contributed by atoms with Gasteiger partial charge in [-0.25, -0.2) is 4.98 Å². The first-order valence-electron chi connectivity index (χ1n) is 10.1. The molecule has 1 aliphatic heterocycles. The summed E-state index contributed by atoms with van der Waals surface area (Å²) in [6, 6.07) is 12.2. The zero-order chi connectivity index (χ0) is 20.2. The molecule has 29 heavy (non-hydrogen) atoms. The van der Waals surface area contributed by atoms with Crippen LogP contribution >= 0.6 is 0 Å². The number of aromatic hydroxyl groups is 1. The first kappa shape index (κ1) is 19.2. The van der Waals surface area contributed by atoms with Crippen molar-refractivity contribution in [2.45, 2.75) is 45.2 Å². The molecule has 0 aliphatic carbocycles. The van der Waals surface area contributed by atoms with E-state index < -0.39 is 0 Å². The molecule has 0 spiro atoms. The van der Waals surface area contributed by atoms with Crippen LogP contribution in [0.5, 0.6) is 5.75 Å². The van der Waals surface area contributed by atoms with Crippen LogP contribution in [0.4, 0.5) is 5.95 Å². The molecule has 2 aromatic heterocycles. The summed E-state index contributed by atoms with van der Waals surface area (Å²) in [5, 5.41) is 26.2. The Morgan fingerprint density at radius 3 is 2.86 bits per heavy atom. The zero-order valence-corrected chi connectivity index (χ0v) is 16.6.